The molecule has 2 N–H and O–H groups in total. The largest absolute Gasteiger partial charge is 0.384 e. The normalized spacial score (nSPS) is 17.4. The number of carbonyl (C=O) groups is 1. The number of amides is 1. The lowest BCUT2D eigenvalue weighted by molar-refractivity contribution is 0.0512. The molecule has 0 spiro atoms. The van der Waals surface area contributed by atoms with E-state index in [2.05, 4.69) is 22.5 Å². The number of thiazole rings is 1. The molecule has 0 saturated carbocycles. The predicted molar refractivity (Wildman–Crippen MR) is 89.6 cm³/mol. The van der Waals surface area contributed by atoms with Gasteiger partial charge in [0.1, 0.15) is 4.88 Å². The molecule has 0 bridgehead atoms. The Bertz CT molecular complexity index is 490. The van der Waals surface area contributed by atoms with Crippen LogP contribution in [0.3, 0.4) is 0 Å². The van der Waals surface area contributed by atoms with E-state index < -0.39 is 0 Å². The zero-order valence-corrected chi connectivity index (χ0v) is 14.6. The average Bonchev–Trinajstić information content (AvgIpc) is 2.87. The van der Waals surface area contributed by atoms with Gasteiger partial charge in [-0.3, -0.25) is 4.79 Å². The van der Waals surface area contributed by atoms with E-state index in [4.69, 9.17) is 4.74 Å². The highest BCUT2D eigenvalue weighted by atomic mass is 32.1. The van der Waals surface area contributed by atoms with Gasteiger partial charge in [-0.05, 0) is 45.7 Å². The van der Waals surface area contributed by atoms with E-state index in [1.54, 1.807) is 7.11 Å². The van der Waals surface area contributed by atoms with Gasteiger partial charge < -0.3 is 15.4 Å². The summed E-state index contributed by atoms with van der Waals surface area (Å²) >= 11 is 1.52. The van der Waals surface area contributed by atoms with Crippen molar-refractivity contribution in [2.24, 2.45) is 5.41 Å². The van der Waals surface area contributed by atoms with Crippen molar-refractivity contribution < 1.29 is 9.53 Å². The Balaban J connectivity index is 1.98. The van der Waals surface area contributed by atoms with Crippen molar-refractivity contribution in [2.45, 2.75) is 39.5 Å². The number of aromatic nitrogens is 1. The van der Waals surface area contributed by atoms with Crippen LogP contribution in [0.25, 0.3) is 0 Å². The molecule has 1 aromatic heterocycles. The van der Waals surface area contributed by atoms with Crippen LogP contribution in [0.4, 0.5) is 0 Å². The summed E-state index contributed by atoms with van der Waals surface area (Å²) in [6, 6.07) is 0. The van der Waals surface area contributed by atoms with Gasteiger partial charge >= 0.3 is 0 Å². The zero-order valence-electron chi connectivity index (χ0n) is 13.8. The number of piperidine rings is 1. The number of hydrogen-bond acceptors (Lipinski definition) is 5. The van der Waals surface area contributed by atoms with E-state index in [9.17, 15) is 4.79 Å². The third kappa shape index (κ3) is 4.27. The van der Waals surface area contributed by atoms with E-state index in [1.807, 2.05) is 6.92 Å². The number of hydrogen-bond donors (Lipinski definition) is 2. The predicted octanol–water partition coefficient (Wildman–Crippen LogP) is 2.15. The van der Waals surface area contributed by atoms with Gasteiger partial charge in [0, 0.05) is 19.1 Å². The van der Waals surface area contributed by atoms with Crippen molar-refractivity contribution in [1.29, 1.82) is 0 Å². The second kappa shape index (κ2) is 8.04. The molecule has 1 aliphatic rings. The summed E-state index contributed by atoms with van der Waals surface area (Å²) in [6.07, 6.45) is 4.06. The molecule has 22 heavy (non-hydrogen) atoms. The first-order chi connectivity index (χ1) is 10.6. The summed E-state index contributed by atoms with van der Waals surface area (Å²) in [7, 11) is 1.73. The number of aryl methyl sites for hydroxylation is 2. The number of ether oxygens (including phenoxy) is 1. The summed E-state index contributed by atoms with van der Waals surface area (Å²) in [5, 5.41) is 7.54. The molecule has 1 saturated heterocycles. The van der Waals surface area contributed by atoms with Crippen LogP contribution >= 0.6 is 11.3 Å². The average molecular weight is 325 g/mol. The van der Waals surface area contributed by atoms with Crippen LogP contribution in [-0.2, 0) is 11.2 Å². The molecular formula is C16H27N3O2S. The van der Waals surface area contributed by atoms with Crippen LogP contribution in [0.15, 0.2) is 0 Å². The van der Waals surface area contributed by atoms with Crippen LogP contribution in [0, 0.1) is 12.3 Å². The molecule has 0 aromatic carbocycles. The van der Waals surface area contributed by atoms with Crippen molar-refractivity contribution in [3.63, 3.8) is 0 Å². The van der Waals surface area contributed by atoms with Crippen LogP contribution < -0.4 is 10.6 Å². The molecule has 1 amide bonds. The van der Waals surface area contributed by atoms with Gasteiger partial charge in [0.15, 0.2) is 0 Å². The molecule has 1 aliphatic heterocycles. The fraction of sp³-hybridized carbons (Fsp3) is 0.750. The van der Waals surface area contributed by atoms with Crippen LogP contribution in [-0.4, -0.2) is 44.2 Å². The number of nitrogens with one attached hydrogen (secondary N) is 2. The zero-order chi connectivity index (χ0) is 16.0. The minimum absolute atomic E-state index is 0.00589. The first-order valence-corrected chi connectivity index (χ1v) is 8.86. The quantitative estimate of drug-likeness (QED) is 0.806. The topological polar surface area (TPSA) is 63.2 Å². The SMILES string of the molecule is CCCc1nc(C)c(C(=O)NCC2(COC)CCNCC2)s1. The molecule has 2 heterocycles. The molecule has 0 unspecified atom stereocenters. The van der Waals surface area contributed by atoms with E-state index in [-0.39, 0.29) is 11.3 Å². The Morgan fingerprint density at radius 3 is 2.82 bits per heavy atom. The fourth-order valence-corrected chi connectivity index (χ4v) is 4.05. The van der Waals surface area contributed by atoms with Crippen molar-refractivity contribution in [2.75, 3.05) is 33.4 Å². The van der Waals surface area contributed by atoms with Gasteiger partial charge in [-0.25, -0.2) is 4.98 Å². The van der Waals surface area contributed by atoms with Crippen LogP contribution in [0.5, 0.6) is 0 Å². The summed E-state index contributed by atoms with van der Waals surface area (Å²) in [4.78, 5) is 17.7. The number of carbonyl (C=O) groups excluding carboxylic acids is 1. The Morgan fingerprint density at radius 1 is 1.45 bits per heavy atom. The molecule has 2 rings (SSSR count). The van der Waals surface area contributed by atoms with Gasteiger partial charge in [-0.15, -0.1) is 11.3 Å². The molecule has 5 nitrogen and oxygen atoms in total. The second-order valence-corrected chi connectivity index (χ2v) is 7.22. The number of nitrogens with zero attached hydrogens (tertiary/aromatic N) is 1. The summed E-state index contributed by atoms with van der Waals surface area (Å²) in [5.74, 6) is 0.00589. The van der Waals surface area contributed by atoms with Crippen molar-refractivity contribution in [3.8, 4) is 0 Å². The monoisotopic (exact) mass is 325 g/mol. The molecule has 0 atom stereocenters. The van der Waals surface area contributed by atoms with Crippen LogP contribution in [0.1, 0.15) is 46.6 Å². The first kappa shape index (κ1) is 17.4. The van der Waals surface area contributed by atoms with E-state index in [0.717, 1.165) is 54.4 Å². The number of methoxy groups -OCH3 is 1. The Labute approximate surface area is 136 Å². The Hall–Kier alpha value is -0.980. The van der Waals surface area contributed by atoms with Crippen molar-refractivity contribution in [1.82, 2.24) is 15.6 Å². The maximum absolute atomic E-state index is 12.5. The van der Waals surface area contributed by atoms with Gasteiger partial charge in [0.2, 0.25) is 0 Å². The van der Waals surface area contributed by atoms with Gasteiger partial charge in [0.25, 0.3) is 5.91 Å². The Kier molecular flexibility index (Phi) is 6.35. The molecule has 6 heteroatoms. The second-order valence-electron chi connectivity index (χ2n) is 6.14. The third-order valence-corrected chi connectivity index (χ3v) is 5.47. The lowest BCUT2D eigenvalue weighted by Crippen LogP contribution is -2.47. The third-order valence-electron chi connectivity index (χ3n) is 4.25. The van der Waals surface area contributed by atoms with E-state index >= 15 is 0 Å². The maximum Gasteiger partial charge on any atom is 0.263 e. The molecule has 0 radical (unpaired) electrons. The van der Waals surface area contributed by atoms with Gasteiger partial charge in [-0.1, -0.05) is 6.92 Å². The molecular weight excluding hydrogens is 298 g/mol. The minimum Gasteiger partial charge on any atom is -0.384 e. The van der Waals surface area contributed by atoms with E-state index in [0.29, 0.717) is 13.2 Å². The molecule has 0 aliphatic carbocycles. The Morgan fingerprint density at radius 2 is 2.18 bits per heavy atom. The maximum atomic E-state index is 12.5. The summed E-state index contributed by atoms with van der Waals surface area (Å²) in [6.45, 7) is 7.38. The summed E-state index contributed by atoms with van der Waals surface area (Å²) < 4.78 is 5.39. The minimum atomic E-state index is 0.00589. The molecule has 1 aromatic rings. The first-order valence-electron chi connectivity index (χ1n) is 8.04. The summed E-state index contributed by atoms with van der Waals surface area (Å²) in [5.41, 5.74) is 0.901. The lowest BCUT2D eigenvalue weighted by atomic mass is 9.79. The highest BCUT2D eigenvalue weighted by molar-refractivity contribution is 7.13. The standard InChI is InChI=1S/C16H27N3O2S/c1-4-5-13-19-12(2)14(22-13)15(20)18-10-16(11-21-3)6-8-17-9-7-16/h17H,4-11H2,1-3H3,(H,18,20). The highest BCUT2D eigenvalue weighted by Gasteiger charge is 2.32. The fourth-order valence-electron chi connectivity index (χ4n) is 2.97. The smallest absolute Gasteiger partial charge is 0.263 e. The molecule has 124 valence electrons. The van der Waals surface area contributed by atoms with Crippen LogP contribution in [0.2, 0.25) is 0 Å². The van der Waals surface area contributed by atoms with Gasteiger partial charge in [-0.2, -0.15) is 0 Å². The number of rotatable bonds is 7. The lowest BCUT2D eigenvalue weighted by Gasteiger charge is -2.37. The van der Waals surface area contributed by atoms with Gasteiger partial charge in [0.05, 0.1) is 17.3 Å². The highest BCUT2D eigenvalue weighted by Crippen LogP contribution is 2.28. The van der Waals surface area contributed by atoms with Crippen molar-refractivity contribution >= 4 is 17.2 Å². The van der Waals surface area contributed by atoms with Crippen molar-refractivity contribution in [3.05, 3.63) is 15.6 Å². The van der Waals surface area contributed by atoms with E-state index in [1.165, 1.54) is 11.3 Å². The molecule has 1 fully saturated rings.